The Labute approximate surface area is 132 Å². The van der Waals surface area contributed by atoms with E-state index < -0.39 is 0 Å². The van der Waals surface area contributed by atoms with E-state index in [0.29, 0.717) is 28.0 Å². The molecule has 0 aliphatic carbocycles. The van der Waals surface area contributed by atoms with Crippen molar-refractivity contribution in [3.63, 3.8) is 0 Å². The molecule has 6 heteroatoms. The lowest BCUT2D eigenvalue weighted by Crippen LogP contribution is -2.20. The minimum atomic E-state index is -0.340. The molecule has 0 unspecified atom stereocenters. The molecule has 0 aliphatic rings. The van der Waals surface area contributed by atoms with E-state index in [2.05, 4.69) is 5.32 Å². The predicted octanol–water partition coefficient (Wildman–Crippen LogP) is 3.47. The number of hydrogen-bond donors (Lipinski definition) is 2. The fourth-order valence-electron chi connectivity index (χ4n) is 1.66. The van der Waals surface area contributed by atoms with E-state index in [1.807, 2.05) is 12.1 Å². The van der Waals surface area contributed by atoms with Crippen molar-refractivity contribution >= 4 is 34.8 Å². The van der Waals surface area contributed by atoms with Crippen molar-refractivity contribution in [2.45, 2.75) is 6.54 Å². The summed E-state index contributed by atoms with van der Waals surface area (Å²) in [4.78, 5) is 11.8. The molecule has 21 heavy (non-hydrogen) atoms. The summed E-state index contributed by atoms with van der Waals surface area (Å²) in [5, 5.41) is 3.38. The third-order valence-electron chi connectivity index (χ3n) is 2.76. The maximum atomic E-state index is 11.8. The molecule has 2 aromatic carbocycles. The zero-order valence-electron chi connectivity index (χ0n) is 11.1. The van der Waals surface area contributed by atoms with E-state index in [-0.39, 0.29) is 12.5 Å². The summed E-state index contributed by atoms with van der Waals surface area (Å²) in [7, 11) is 0. The van der Waals surface area contributed by atoms with Gasteiger partial charge in [-0.1, -0.05) is 41.4 Å². The number of anilines is 1. The lowest BCUT2D eigenvalue weighted by atomic mass is 10.2. The second-order valence-electron chi connectivity index (χ2n) is 4.28. The van der Waals surface area contributed by atoms with E-state index in [0.717, 1.165) is 5.56 Å². The molecule has 1 amide bonds. The summed E-state index contributed by atoms with van der Waals surface area (Å²) >= 11 is 11.9. The van der Waals surface area contributed by atoms with Gasteiger partial charge in [-0.25, -0.2) is 0 Å². The second-order valence-corrected chi connectivity index (χ2v) is 5.10. The number of hydrogen-bond acceptors (Lipinski definition) is 3. The topological polar surface area (TPSA) is 64.3 Å². The fraction of sp³-hybridized carbons (Fsp3) is 0.133. The maximum Gasteiger partial charge on any atom is 0.262 e. The third kappa shape index (κ3) is 4.36. The van der Waals surface area contributed by atoms with Crippen LogP contribution in [0.1, 0.15) is 5.56 Å². The minimum Gasteiger partial charge on any atom is -0.484 e. The van der Waals surface area contributed by atoms with Crippen LogP contribution < -0.4 is 15.8 Å². The van der Waals surface area contributed by atoms with Crippen LogP contribution >= 0.6 is 23.2 Å². The van der Waals surface area contributed by atoms with Gasteiger partial charge < -0.3 is 15.8 Å². The molecule has 2 aromatic rings. The zero-order chi connectivity index (χ0) is 15.2. The first-order chi connectivity index (χ1) is 10.1. The first-order valence-electron chi connectivity index (χ1n) is 6.26. The fourth-order valence-corrected chi connectivity index (χ4v) is 2.16. The van der Waals surface area contributed by atoms with Crippen LogP contribution in [0.3, 0.4) is 0 Å². The van der Waals surface area contributed by atoms with E-state index in [4.69, 9.17) is 33.7 Å². The molecule has 0 saturated heterocycles. The van der Waals surface area contributed by atoms with E-state index in [1.54, 1.807) is 30.3 Å². The van der Waals surface area contributed by atoms with Crippen molar-refractivity contribution < 1.29 is 9.53 Å². The predicted molar refractivity (Wildman–Crippen MR) is 84.9 cm³/mol. The van der Waals surface area contributed by atoms with E-state index in [9.17, 15) is 4.79 Å². The van der Waals surface area contributed by atoms with Crippen molar-refractivity contribution in [2.75, 3.05) is 11.9 Å². The molecule has 0 saturated carbocycles. The molecule has 4 nitrogen and oxygen atoms in total. The zero-order valence-corrected chi connectivity index (χ0v) is 12.6. The van der Waals surface area contributed by atoms with Gasteiger partial charge in [0.1, 0.15) is 5.75 Å². The summed E-state index contributed by atoms with van der Waals surface area (Å²) < 4.78 is 5.38. The smallest absolute Gasteiger partial charge is 0.262 e. The Morgan fingerprint density at radius 1 is 1.10 bits per heavy atom. The van der Waals surface area contributed by atoms with Gasteiger partial charge in [-0.3, -0.25) is 4.79 Å². The van der Waals surface area contributed by atoms with Gasteiger partial charge in [0, 0.05) is 6.54 Å². The number of benzene rings is 2. The van der Waals surface area contributed by atoms with Gasteiger partial charge >= 0.3 is 0 Å². The van der Waals surface area contributed by atoms with Crippen LogP contribution in [0.15, 0.2) is 42.5 Å². The van der Waals surface area contributed by atoms with E-state index >= 15 is 0 Å². The van der Waals surface area contributed by atoms with Gasteiger partial charge in [-0.05, 0) is 29.8 Å². The molecule has 0 spiro atoms. The number of carbonyl (C=O) groups is 1. The van der Waals surface area contributed by atoms with Crippen LogP contribution in [-0.2, 0) is 11.3 Å². The van der Waals surface area contributed by atoms with Crippen LogP contribution in [0.5, 0.6) is 5.75 Å². The largest absolute Gasteiger partial charge is 0.484 e. The quantitative estimate of drug-likeness (QED) is 0.885. The summed E-state index contributed by atoms with van der Waals surface area (Å²) in [6.45, 7) is 0.329. The SMILES string of the molecule is NCc1ccc(OCC(=O)Nc2c(Cl)cccc2Cl)cc1. The summed E-state index contributed by atoms with van der Waals surface area (Å²) in [6.07, 6.45) is 0. The van der Waals surface area contributed by atoms with Gasteiger partial charge in [0.25, 0.3) is 5.91 Å². The monoisotopic (exact) mass is 324 g/mol. The van der Waals surface area contributed by atoms with Gasteiger partial charge in [0.2, 0.25) is 0 Å². The van der Waals surface area contributed by atoms with Crippen molar-refractivity contribution in [1.29, 1.82) is 0 Å². The number of ether oxygens (including phenoxy) is 1. The first-order valence-corrected chi connectivity index (χ1v) is 7.01. The summed E-state index contributed by atoms with van der Waals surface area (Å²) in [6, 6.07) is 12.2. The highest BCUT2D eigenvalue weighted by Crippen LogP contribution is 2.29. The average molecular weight is 325 g/mol. The van der Waals surface area contributed by atoms with Crippen molar-refractivity contribution in [3.05, 3.63) is 58.1 Å². The number of nitrogens with two attached hydrogens (primary N) is 1. The van der Waals surface area contributed by atoms with Crippen LogP contribution in [0, 0.1) is 0 Å². The third-order valence-corrected chi connectivity index (χ3v) is 3.39. The molecule has 0 bridgehead atoms. The summed E-state index contributed by atoms with van der Waals surface area (Å²) in [5.41, 5.74) is 6.88. The Bertz CT molecular complexity index is 610. The molecule has 3 N–H and O–H groups in total. The van der Waals surface area contributed by atoms with Crippen molar-refractivity contribution in [3.8, 4) is 5.75 Å². The van der Waals surface area contributed by atoms with Crippen LogP contribution in [0.2, 0.25) is 10.0 Å². The molecule has 0 aromatic heterocycles. The Kier molecular flexibility index (Phi) is 5.44. The van der Waals surface area contributed by atoms with Crippen LogP contribution in [-0.4, -0.2) is 12.5 Å². The Morgan fingerprint density at radius 3 is 2.29 bits per heavy atom. The molecule has 2 rings (SSSR count). The lowest BCUT2D eigenvalue weighted by Gasteiger charge is -2.10. The Hall–Kier alpha value is -1.75. The number of nitrogens with one attached hydrogen (secondary N) is 1. The molecular weight excluding hydrogens is 311 g/mol. The minimum absolute atomic E-state index is 0.135. The Morgan fingerprint density at radius 2 is 1.71 bits per heavy atom. The Balaban J connectivity index is 1.92. The van der Waals surface area contributed by atoms with Gasteiger partial charge in [0.05, 0.1) is 15.7 Å². The number of amides is 1. The van der Waals surface area contributed by atoms with Crippen LogP contribution in [0.4, 0.5) is 5.69 Å². The molecular formula is C15H14Cl2N2O2. The molecule has 0 fully saturated rings. The number of carbonyl (C=O) groups excluding carboxylic acids is 1. The standard InChI is InChI=1S/C15H14Cl2N2O2/c16-12-2-1-3-13(17)15(12)19-14(20)9-21-11-6-4-10(8-18)5-7-11/h1-7H,8-9,18H2,(H,19,20). The first kappa shape index (κ1) is 15.6. The number of halogens is 2. The average Bonchev–Trinajstić information content (AvgIpc) is 2.49. The van der Waals surface area contributed by atoms with Crippen LogP contribution in [0.25, 0.3) is 0 Å². The number of rotatable bonds is 5. The lowest BCUT2D eigenvalue weighted by molar-refractivity contribution is -0.118. The van der Waals surface area contributed by atoms with Crippen molar-refractivity contribution in [1.82, 2.24) is 0 Å². The normalized spacial score (nSPS) is 10.2. The highest BCUT2D eigenvalue weighted by Gasteiger charge is 2.10. The molecule has 110 valence electrons. The number of para-hydroxylation sites is 1. The summed E-state index contributed by atoms with van der Waals surface area (Å²) in [5.74, 6) is 0.250. The van der Waals surface area contributed by atoms with Gasteiger partial charge in [-0.2, -0.15) is 0 Å². The second kappa shape index (κ2) is 7.31. The van der Waals surface area contributed by atoms with Gasteiger partial charge in [0.15, 0.2) is 6.61 Å². The van der Waals surface area contributed by atoms with Gasteiger partial charge in [-0.15, -0.1) is 0 Å². The highest BCUT2D eigenvalue weighted by molar-refractivity contribution is 6.39. The molecule has 0 heterocycles. The van der Waals surface area contributed by atoms with E-state index in [1.165, 1.54) is 0 Å². The maximum absolute atomic E-state index is 11.8. The molecule has 0 radical (unpaired) electrons. The molecule has 0 atom stereocenters. The van der Waals surface area contributed by atoms with Crippen molar-refractivity contribution in [2.24, 2.45) is 5.73 Å². The highest BCUT2D eigenvalue weighted by atomic mass is 35.5. The molecule has 0 aliphatic heterocycles.